The monoisotopic (exact) mass is 385 g/mol. The number of rotatable bonds is 5. The Balaban J connectivity index is 1.49. The Kier molecular flexibility index (Phi) is 5.20. The van der Waals surface area contributed by atoms with E-state index in [0.717, 1.165) is 28.3 Å². The van der Waals surface area contributed by atoms with Crippen LogP contribution in [0.4, 0.5) is 0 Å². The molecule has 5 nitrogen and oxygen atoms in total. The number of para-hydroxylation sites is 1. The number of aryl methyl sites for hydroxylation is 1. The highest BCUT2D eigenvalue weighted by Gasteiger charge is 2.08. The van der Waals surface area contributed by atoms with Crippen LogP contribution in [-0.2, 0) is 22.6 Å². The molecule has 0 unspecified atom stereocenters. The van der Waals surface area contributed by atoms with E-state index >= 15 is 0 Å². The van der Waals surface area contributed by atoms with E-state index in [9.17, 15) is 9.59 Å². The van der Waals surface area contributed by atoms with Gasteiger partial charge in [-0.25, -0.2) is 14.6 Å². The maximum Gasteiger partial charge on any atom is 0.336 e. The van der Waals surface area contributed by atoms with E-state index in [1.54, 1.807) is 6.08 Å². The summed E-state index contributed by atoms with van der Waals surface area (Å²) in [6.07, 6.45) is 3.78. The van der Waals surface area contributed by atoms with E-state index in [-0.39, 0.29) is 6.61 Å². The number of fused-ring (bicyclic) bond motifs is 2. The van der Waals surface area contributed by atoms with Gasteiger partial charge in [0.15, 0.2) is 0 Å². The van der Waals surface area contributed by atoms with E-state index in [0.29, 0.717) is 16.8 Å². The highest BCUT2D eigenvalue weighted by atomic mass is 16.5. The number of nitrogens with zero attached hydrogens (tertiary/aromatic N) is 1. The lowest BCUT2D eigenvalue weighted by molar-refractivity contribution is -0.138. The molecule has 0 fully saturated rings. The average Bonchev–Trinajstić information content (AvgIpc) is 2.75. The standard InChI is InChI=1S/C24H19NO4/c1-2-16-7-11-20-18(14-24(27)29-22(20)13-16)15-28-23(26)12-10-19-9-8-17-5-3-4-6-21(17)25-19/h3-14H,2,15H2,1H3/b12-10+. The maximum atomic E-state index is 12.1. The predicted molar refractivity (Wildman–Crippen MR) is 112 cm³/mol. The first-order valence-electron chi connectivity index (χ1n) is 9.38. The topological polar surface area (TPSA) is 69.4 Å². The predicted octanol–water partition coefficient (Wildman–Crippen LogP) is 4.66. The number of hydrogen-bond donors (Lipinski definition) is 0. The van der Waals surface area contributed by atoms with Crippen LogP contribution in [0, 0.1) is 0 Å². The Morgan fingerprint density at radius 1 is 1.10 bits per heavy atom. The third-order valence-electron chi connectivity index (χ3n) is 4.68. The second-order valence-corrected chi connectivity index (χ2v) is 6.64. The van der Waals surface area contributed by atoms with Gasteiger partial charge in [0, 0.05) is 28.5 Å². The summed E-state index contributed by atoms with van der Waals surface area (Å²) in [6, 6.07) is 18.6. The van der Waals surface area contributed by atoms with Gasteiger partial charge in [0.25, 0.3) is 0 Å². The van der Waals surface area contributed by atoms with E-state index in [1.165, 1.54) is 12.1 Å². The van der Waals surface area contributed by atoms with Crippen molar-refractivity contribution in [3.63, 3.8) is 0 Å². The fourth-order valence-electron chi connectivity index (χ4n) is 3.14. The number of esters is 1. The summed E-state index contributed by atoms with van der Waals surface area (Å²) in [6.45, 7) is 2.02. The number of carbonyl (C=O) groups is 1. The van der Waals surface area contributed by atoms with E-state index in [4.69, 9.17) is 9.15 Å². The zero-order chi connectivity index (χ0) is 20.2. The van der Waals surface area contributed by atoms with E-state index < -0.39 is 11.6 Å². The lowest BCUT2D eigenvalue weighted by atomic mass is 10.1. The van der Waals surface area contributed by atoms with Crippen LogP contribution in [0.3, 0.4) is 0 Å². The van der Waals surface area contributed by atoms with Gasteiger partial charge in [-0.2, -0.15) is 0 Å². The van der Waals surface area contributed by atoms with Crippen molar-refractivity contribution in [3.05, 3.63) is 94.0 Å². The number of benzene rings is 2. The van der Waals surface area contributed by atoms with Crippen molar-refractivity contribution < 1.29 is 13.9 Å². The molecule has 0 saturated heterocycles. The number of aromatic nitrogens is 1. The zero-order valence-corrected chi connectivity index (χ0v) is 15.9. The molecule has 0 aliphatic rings. The molecule has 0 saturated carbocycles. The first kappa shape index (κ1) is 18.6. The van der Waals surface area contributed by atoms with Crippen molar-refractivity contribution in [2.45, 2.75) is 20.0 Å². The summed E-state index contributed by atoms with van der Waals surface area (Å²) in [4.78, 5) is 28.5. The van der Waals surface area contributed by atoms with Gasteiger partial charge in [-0.3, -0.25) is 0 Å². The molecule has 0 atom stereocenters. The van der Waals surface area contributed by atoms with E-state index in [2.05, 4.69) is 4.98 Å². The molecule has 0 aliphatic heterocycles. The van der Waals surface area contributed by atoms with Crippen molar-refractivity contribution in [3.8, 4) is 0 Å². The van der Waals surface area contributed by atoms with Crippen LogP contribution in [0.25, 0.3) is 27.9 Å². The molecule has 0 radical (unpaired) electrons. The SMILES string of the molecule is CCc1ccc2c(COC(=O)/C=C/c3ccc4ccccc4n3)cc(=O)oc2c1. The van der Waals surface area contributed by atoms with Crippen LogP contribution in [0.15, 0.2) is 76.0 Å². The Hall–Kier alpha value is -3.73. The molecule has 2 aromatic carbocycles. The first-order chi connectivity index (χ1) is 14.1. The van der Waals surface area contributed by atoms with Gasteiger partial charge in [-0.1, -0.05) is 43.3 Å². The maximum absolute atomic E-state index is 12.1. The summed E-state index contributed by atoms with van der Waals surface area (Å²) in [5.41, 5.74) is 3.24. The molecule has 2 aromatic heterocycles. The smallest absolute Gasteiger partial charge is 0.336 e. The summed E-state index contributed by atoms with van der Waals surface area (Å²) < 4.78 is 10.6. The Morgan fingerprint density at radius 3 is 2.83 bits per heavy atom. The molecule has 5 heteroatoms. The van der Waals surface area contributed by atoms with E-state index in [1.807, 2.05) is 61.5 Å². The van der Waals surface area contributed by atoms with Crippen LogP contribution in [0.1, 0.15) is 23.7 Å². The second-order valence-electron chi connectivity index (χ2n) is 6.64. The largest absolute Gasteiger partial charge is 0.458 e. The van der Waals surface area contributed by atoms with Crippen LogP contribution >= 0.6 is 0 Å². The minimum absolute atomic E-state index is 0.0120. The average molecular weight is 385 g/mol. The Labute approximate surface area is 167 Å². The minimum atomic E-state index is -0.508. The third kappa shape index (κ3) is 4.24. The molecule has 0 bridgehead atoms. The summed E-state index contributed by atoms with van der Waals surface area (Å²) in [7, 11) is 0. The van der Waals surface area contributed by atoms with Gasteiger partial charge in [0.05, 0.1) is 11.2 Å². The molecule has 29 heavy (non-hydrogen) atoms. The number of carbonyl (C=O) groups excluding carboxylic acids is 1. The number of hydrogen-bond acceptors (Lipinski definition) is 5. The number of ether oxygens (including phenoxy) is 1. The van der Waals surface area contributed by atoms with Crippen molar-refractivity contribution >= 4 is 33.9 Å². The van der Waals surface area contributed by atoms with Crippen molar-refractivity contribution in [2.75, 3.05) is 0 Å². The van der Waals surface area contributed by atoms with Crippen LogP contribution in [0.2, 0.25) is 0 Å². The quantitative estimate of drug-likeness (QED) is 0.284. The van der Waals surface area contributed by atoms with Crippen molar-refractivity contribution in [1.82, 2.24) is 4.98 Å². The fraction of sp³-hybridized carbons (Fsp3) is 0.125. The Bertz CT molecular complexity index is 1290. The van der Waals surface area contributed by atoms with Gasteiger partial charge in [-0.05, 0) is 36.3 Å². The zero-order valence-electron chi connectivity index (χ0n) is 15.9. The van der Waals surface area contributed by atoms with Gasteiger partial charge in [-0.15, -0.1) is 0 Å². The summed E-state index contributed by atoms with van der Waals surface area (Å²) in [5, 5.41) is 1.79. The normalized spacial score (nSPS) is 11.3. The Morgan fingerprint density at radius 2 is 1.97 bits per heavy atom. The third-order valence-corrected chi connectivity index (χ3v) is 4.68. The highest BCUT2D eigenvalue weighted by Crippen LogP contribution is 2.20. The highest BCUT2D eigenvalue weighted by molar-refractivity contribution is 5.88. The lowest BCUT2D eigenvalue weighted by Gasteiger charge is -2.07. The van der Waals surface area contributed by atoms with Crippen LogP contribution in [0.5, 0.6) is 0 Å². The molecule has 0 N–H and O–H groups in total. The van der Waals surface area contributed by atoms with Crippen LogP contribution < -0.4 is 5.63 Å². The fourth-order valence-corrected chi connectivity index (χ4v) is 3.14. The van der Waals surface area contributed by atoms with Crippen molar-refractivity contribution in [2.24, 2.45) is 0 Å². The first-order valence-corrected chi connectivity index (χ1v) is 9.38. The van der Waals surface area contributed by atoms with Crippen molar-refractivity contribution in [1.29, 1.82) is 0 Å². The second kappa shape index (κ2) is 8.10. The van der Waals surface area contributed by atoms with Gasteiger partial charge >= 0.3 is 11.6 Å². The molecular weight excluding hydrogens is 366 g/mol. The van der Waals surface area contributed by atoms with Crippen LogP contribution in [-0.4, -0.2) is 11.0 Å². The lowest BCUT2D eigenvalue weighted by Crippen LogP contribution is -2.06. The molecule has 0 amide bonds. The molecule has 2 heterocycles. The van der Waals surface area contributed by atoms with Gasteiger partial charge in [0.2, 0.25) is 0 Å². The molecule has 144 valence electrons. The molecule has 0 spiro atoms. The molecule has 4 rings (SSSR count). The van der Waals surface area contributed by atoms with Gasteiger partial charge in [0.1, 0.15) is 12.2 Å². The molecule has 0 aliphatic carbocycles. The summed E-state index contributed by atoms with van der Waals surface area (Å²) >= 11 is 0. The minimum Gasteiger partial charge on any atom is -0.458 e. The van der Waals surface area contributed by atoms with Gasteiger partial charge < -0.3 is 9.15 Å². The summed E-state index contributed by atoms with van der Waals surface area (Å²) in [5.74, 6) is -0.508. The molecule has 4 aromatic rings. The number of pyridine rings is 1. The molecular formula is C24H19NO4.